The molecule has 3 aromatic carbocycles. The number of aryl methyl sites for hydroxylation is 2. The number of nitrogens with zero attached hydrogens (tertiary/aromatic N) is 1. The zero-order valence-corrected chi connectivity index (χ0v) is 21.9. The van der Waals surface area contributed by atoms with Crippen molar-refractivity contribution in [2.24, 2.45) is 11.8 Å². The third kappa shape index (κ3) is 3.18. The van der Waals surface area contributed by atoms with Crippen LogP contribution in [0.2, 0.25) is 0 Å². The summed E-state index contributed by atoms with van der Waals surface area (Å²) in [6.07, 6.45) is 2.43. The van der Waals surface area contributed by atoms with Crippen LogP contribution in [0.25, 0.3) is 10.9 Å². The number of ether oxygens (including phenoxy) is 1. The highest BCUT2D eigenvalue weighted by Crippen LogP contribution is 2.54. The highest BCUT2D eigenvalue weighted by molar-refractivity contribution is 6.26. The number of para-hydroxylation sites is 1. The van der Waals surface area contributed by atoms with Crippen molar-refractivity contribution in [2.45, 2.75) is 31.8 Å². The molecule has 1 aromatic heterocycles. The second-order valence-corrected chi connectivity index (χ2v) is 10.8. The molecule has 0 unspecified atom stereocenters. The summed E-state index contributed by atoms with van der Waals surface area (Å²) in [5.74, 6) is -2.06. The number of amides is 3. The van der Waals surface area contributed by atoms with Crippen LogP contribution in [0.15, 0.2) is 66.9 Å². The number of aromatic amines is 1. The van der Waals surface area contributed by atoms with E-state index in [0.717, 1.165) is 33.2 Å². The fourth-order valence-corrected chi connectivity index (χ4v) is 6.97. The lowest BCUT2D eigenvalue weighted by Crippen LogP contribution is -2.53. The van der Waals surface area contributed by atoms with Crippen molar-refractivity contribution in [3.8, 4) is 5.75 Å². The number of H-pyrrole nitrogens is 1. The Hall–Kier alpha value is -4.43. The Morgan fingerprint density at radius 1 is 0.974 bits per heavy atom. The number of carbonyl (C=O) groups excluding carboxylic acids is 3. The van der Waals surface area contributed by atoms with Crippen LogP contribution >= 0.6 is 0 Å². The Bertz CT molecular complexity index is 1710. The maximum atomic E-state index is 14.3. The smallest absolute Gasteiger partial charge is 0.250 e. The third-order valence-electron chi connectivity index (χ3n) is 8.59. The second-order valence-electron chi connectivity index (χ2n) is 10.8. The number of nitrogens with one attached hydrogen (secondary N) is 3. The van der Waals surface area contributed by atoms with E-state index in [4.69, 9.17) is 4.74 Å². The number of anilines is 2. The lowest BCUT2D eigenvalue weighted by molar-refractivity contribution is -0.130. The number of hydrogen-bond donors (Lipinski definition) is 3. The Balaban J connectivity index is 1.40. The van der Waals surface area contributed by atoms with Gasteiger partial charge in [-0.15, -0.1) is 0 Å². The maximum Gasteiger partial charge on any atom is 0.250 e. The Kier molecular flexibility index (Phi) is 5.03. The minimum absolute atomic E-state index is 0.295. The van der Waals surface area contributed by atoms with Gasteiger partial charge in [0.2, 0.25) is 17.7 Å². The van der Waals surface area contributed by atoms with Crippen molar-refractivity contribution in [2.75, 3.05) is 17.3 Å². The molecule has 8 heteroatoms. The average molecular weight is 521 g/mol. The molecule has 0 saturated carbocycles. The van der Waals surface area contributed by atoms with E-state index in [0.29, 0.717) is 23.5 Å². The average Bonchev–Trinajstić information content (AvgIpc) is 3.64. The van der Waals surface area contributed by atoms with Crippen LogP contribution in [-0.4, -0.2) is 35.9 Å². The Morgan fingerprint density at radius 3 is 2.62 bits per heavy atom. The van der Waals surface area contributed by atoms with Gasteiger partial charge in [-0.25, -0.2) is 4.90 Å². The van der Waals surface area contributed by atoms with Gasteiger partial charge in [0.25, 0.3) is 0 Å². The summed E-state index contributed by atoms with van der Waals surface area (Å²) in [5.41, 5.74) is 4.47. The summed E-state index contributed by atoms with van der Waals surface area (Å²) in [7, 11) is 1.54. The first-order valence-corrected chi connectivity index (χ1v) is 13.1. The number of rotatable bonds is 4. The van der Waals surface area contributed by atoms with Gasteiger partial charge in [0.1, 0.15) is 11.3 Å². The van der Waals surface area contributed by atoms with E-state index in [1.165, 1.54) is 4.90 Å². The molecule has 3 aliphatic rings. The van der Waals surface area contributed by atoms with Crippen LogP contribution in [0.1, 0.15) is 22.3 Å². The Morgan fingerprint density at radius 2 is 1.79 bits per heavy atom. The number of imide groups is 1. The van der Waals surface area contributed by atoms with Crippen molar-refractivity contribution in [1.29, 1.82) is 0 Å². The van der Waals surface area contributed by atoms with E-state index in [-0.39, 0.29) is 17.7 Å². The van der Waals surface area contributed by atoms with Crippen molar-refractivity contribution in [3.63, 3.8) is 0 Å². The van der Waals surface area contributed by atoms with Crippen LogP contribution in [-0.2, 0) is 26.3 Å². The molecular weight excluding hydrogens is 492 g/mol. The quantitative estimate of drug-likeness (QED) is 0.354. The monoisotopic (exact) mass is 520 g/mol. The molecule has 0 bridgehead atoms. The number of benzene rings is 3. The van der Waals surface area contributed by atoms with Gasteiger partial charge in [-0.2, -0.15) is 0 Å². The van der Waals surface area contributed by atoms with E-state index in [1.54, 1.807) is 31.4 Å². The van der Waals surface area contributed by atoms with Gasteiger partial charge in [0.15, 0.2) is 0 Å². The largest absolute Gasteiger partial charge is 0.497 e. The van der Waals surface area contributed by atoms with Gasteiger partial charge < -0.3 is 15.0 Å². The molecule has 4 heterocycles. The molecule has 2 fully saturated rings. The standard InChI is InChI=1S/C31H28N4O4/c1-16-11-17(2)27-22(12-16)31(30(38)33-27)26-25(24(34-31)13-18-15-32-23-10-5-4-9-21(18)23)28(36)35(29(26)37)19-7-6-8-20(14-19)39-3/h4-12,14-15,24-26,32,34H,13H2,1-3H3,(H,33,38)/t24-,25-,26+,31-/m1/s1. The van der Waals surface area contributed by atoms with Crippen LogP contribution in [0, 0.1) is 25.7 Å². The minimum Gasteiger partial charge on any atom is -0.497 e. The number of methoxy groups -OCH3 is 1. The van der Waals surface area contributed by atoms with Gasteiger partial charge in [0.05, 0.1) is 24.6 Å². The number of carbonyl (C=O) groups is 3. The third-order valence-corrected chi connectivity index (χ3v) is 8.59. The molecule has 3 N–H and O–H groups in total. The van der Waals surface area contributed by atoms with Crippen molar-refractivity contribution < 1.29 is 19.1 Å². The van der Waals surface area contributed by atoms with Crippen LogP contribution in [0.3, 0.4) is 0 Å². The minimum atomic E-state index is -1.35. The first-order chi connectivity index (χ1) is 18.8. The molecule has 7 rings (SSSR count). The Labute approximate surface area is 225 Å². The SMILES string of the molecule is COc1cccc(N2C(=O)[C@H]3[C@@H](C2=O)[C@@]2(N[C@@H]3Cc3c[nH]c4ccccc34)C(=O)Nc3c(C)cc(C)cc32)c1. The maximum absolute atomic E-state index is 14.3. The number of aromatic nitrogens is 1. The van der Waals surface area contributed by atoms with E-state index >= 15 is 0 Å². The summed E-state index contributed by atoms with van der Waals surface area (Å²) in [6, 6.07) is 18.5. The molecule has 8 nitrogen and oxygen atoms in total. The zero-order chi connectivity index (χ0) is 27.1. The molecular formula is C31H28N4O4. The van der Waals surface area contributed by atoms with Gasteiger partial charge in [-0.05, 0) is 49.6 Å². The summed E-state index contributed by atoms with van der Waals surface area (Å²) in [4.78, 5) is 46.9. The predicted octanol–water partition coefficient (Wildman–Crippen LogP) is 3.96. The van der Waals surface area contributed by atoms with E-state index < -0.39 is 23.4 Å². The van der Waals surface area contributed by atoms with Gasteiger partial charge in [0, 0.05) is 40.5 Å². The van der Waals surface area contributed by atoms with Crippen LogP contribution < -0.4 is 20.3 Å². The molecule has 196 valence electrons. The van der Waals surface area contributed by atoms with Crippen molar-refractivity contribution >= 4 is 40.0 Å². The zero-order valence-electron chi connectivity index (χ0n) is 21.9. The summed E-state index contributed by atoms with van der Waals surface area (Å²) < 4.78 is 5.37. The summed E-state index contributed by atoms with van der Waals surface area (Å²) in [5, 5.41) is 7.67. The van der Waals surface area contributed by atoms with Crippen molar-refractivity contribution in [3.05, 3.63) is 89.1 Å². The van der Waals surface area contributed by atoms with Gasteiger partial charge in [-0.3, -0.25) is 19.7 Å². The molecule has 3 amide bonds. The fraction of sp³-hybridized carbons (Fsp3) is 0.258. The van der Waals surface area contributed by atoms with E-state index in [2.05, 4.69) is 15.6 Å². The molecule has 2 saturated heterocycles. The molecule has 0 aliphatic carbocycles. The number of hydrogen-bond acceptors (Lipinski definition) is 5. The summed E-state index contributed by atoms with van der Waals surface area (Å²) >= 11 is 0. The predicted molar refractivity (Wildman–Crippen MR) is 148 cm³/mol. The van der Waals surface area contributed by atoms with Crippen LogP contribution in [0.5, 0.6) is 5.75 Å². The first-order valence-electron chi connectivity index (χ1n) is 13.1. The molecule has 4 aromatic rings. The topological polar surface area (TPSA) is 104 Å². The second kappa shape index (κ2) is 8.28. The van der Waals surface area contributed by atoms with E-state index in [1.807, 2.05) is 56.4 Å². The van der Waals surface area contributed by atoms with Gasteiger partial charge in [-0.1, -0.05) is 42.0 Å². The normalized spacial score (nSPS) is 25.5. The highest BCUT2D eigenvalue weighted by atomic mass is 16.5. The fourth-order valence-electron chi connectivity index (χ4n) is 6.97. The molecule has 1 spiro atoms. The highest BCUT2D eigenvalue weighted by Gasteiger charge is 2.70. The molecule has 0 radical (unpaired) electrons. The first kappa shape index (κ1) is 23.7. The van der Waals surface area contributed by atoms with Crippen LogP contribution in [0.4, 0.5) is 11.4 Å². The summed E-state index contributed by atoms with van der Waals surface area (Å²) in [6.45, 7) is 3.93. The molecule has 3 aliphatic heterocycles. The number of fused-ring (bicyclic) bond motifs is 5. The van der Waals surface area contributed by atoms with E-state index in [9.17, 15) is 14.4 Å². The lowest BCUT2D eigenvalue weighted by atomic mass is 9.75. The molecule has 4 atom stereocenters. The molecule has 39 heavy (non-hydrogen) atoms. The lowest BCUT2D eigenvalue weighted by Gasteiger charge is -2.30. The van der Waals surface area contributed by atoms with Crippen molar-refractivity contribution in [1.82, 2.24) is 10.3 Å². The van der Waals surface area contributed by atoms with Gasteiger partial charge >= 0.3 is 0 Å².